The highest BCUT2D eigenvalue weighted by Gasteiger charge is 2.23. The molecule has 6 aromatic rings. The SMILES string of the molecule is c1cc(N2c3ccccc3CCc3ccc(-c4nc5ccccc5s4)cc32)cc(-n2cccn2)c1. The molecule has 0 saturated carbocycles. The van der Waals surface area contributed by atoms with Crippen LogP contribution in [-0.4, -0.2) is 14.8 Å². The van der Waals surface area contributed by atoms with Crippen LogP contribution in [0, 0.1) is 0 Å². The Kier molecular flexibility index (Phi) is 4.74. The molecule has 0 aliphatic carbocycles. The molecule has 35 heavy (non-hydrogen) atoms. The number of nitrogens with zero attached hydrogens (tertiary/aromatic N) is 4. The molecule has 0 bridgehead atoms. The summed E-state index contributed by atoms with van der Waals surface area (Å²) < 4.78 is 3.12. The van der Waals surface area contributed by atoms with Gasteiger partial charge in [-0.05, 0) is 72.5 Å². The monoisotopic (exact) mass is 470 g/mol. The zero-order chi connectivity index (χ0) is 23.2. The number of thiazole rings is 1. The van der Waals surface area contributed by atoms with E-state index in [1.165, 1.54) is 27.2 Å². The highest BCUT2D eigenvalue weighted by atomic mass is 32.1. The van der Waals surface area contributed by atoms with E-state index in [9.17, 15) is 0 Å². The molecule has 4 aromatic carbocycles. The average molecular weight is 471 g/mol. The molecule has 0 spiro atoms. The lowest BCUT2D eigenvalue weighted by atomic mass is 10.0. The van der Waals surface area contributed by atoms with Gasteiger partial charge in [-0.25, -0.2) is 9.67 Å². The zero-order valence-corrected chi connectivity index (χ0v) is 19.8. The van der Waals surface area contributed by atoms with E-state index in [4.69, 9.17) is 4.98 Å². The number of para-hydroxylation sites is 2. The van der Waals surface area contributed by atoms with Crippen LogP contribution in [0.2, 0.25) is 0 Å². The van der Waals surface area contributed by atoms with E-state index in [0.29, 0.717) is 0 Å². The first-order valence-corrected chi connectivity index (χ1v) is 12.6. The third kappa shape index (κ3) is 3.52. The minimum atomic E-state index is 1.00. The Morgan fingerprint density at radius 3 is 2.40 bits per heavy atom. The summed E-state index contributed by atoms with van der Waals surface area (Å²) >= 11 is 1.75. The number of anilines is 3. The van der Waals surface area contributed by atoms with Crippen molar-refractivity contribution in [3.05, 3.63) is 121 Å². The molecular weight excluding hydrogens is 448 g/mol. The first kappa shape index (κ1) is 20.2. The van der Waals surface area contributed by atoms with Crippen molar-refractivity contribution >= 4 is 38.6 Å². The van der Waals surface area contributed by atoms with Gasteiger partial charge in [0, 0.05) is 29.3 Å². The van der Waals surface area contributed by atoms with Gasteiger partial charge in [-0.2, -0.15) is 5.10 Å². The van der Waals surface area contributed by atoms with Gasteiger partial charge in [0.1, 0.15) is 5.01 Å². The molecule has 168 valence electrons. The molecule has 0 fully saturated rings. The van der Waals surface area contributed by atoms with E-state index >= 15 is 0 Å². The van der Waals surface area contributed by atoms with E-state index < -0.39 is 0 Å². The van der Waals surface area contributed by atoms with Crippen molar-refractivity contribution in [1.82, 2.24) is 14.8 Å². The Labute approximate surface area is 207 Å². The van der Waals surface area contributed by atoms with E-state index in [1.807, 2.05) is 29.2 Å². The van der Waals surface area contributed by atoms with E-state index in [2.05, 4.69) is 94.9 Å². The summed E-state index contributed by atoms with van der Waals surface area (Å²) in [5.41, 5.74) is 9.50. The molecule has 0 N–H and O–H groups in total. The molecule has 0 saturated heterocycles. The second-order valence-electron chi connectivity index (χ2n) is 8.76. The van der Waals surface area contributed by atoms with Crippen LogP contribution in [0.5, 0.6) is 0 Å². The number of benzene rings is 4. The maximum absolute atomic E-state index is 4.93. The van der Waals surface area contributed by atoms with Crippen molar-refractivity contribution in [3.63, 3.8) is 0 Å². The lowest BCUT2D eigenvalue weighted by molar-refractivity contribution is 0.880. The highest BCUT2D eigenvalue weighted by molar-refractivity contribution is 7.21. The van der Waals surface area contributed by atoms with Gasteiger partial charge in [0.15, 0.2) is 0 Å². The standard InChI is InChI=1S/C30H22N4S/c1-3-11-27-21(7-1)13-14-22-15-16-23(30-32-26-10-2-4-12-29(26)35-30)19-28(22)34(27)25-9-5-8-24(20-25)33-18-6-17-31-33/h1-12,15-20H,13-14H2. The van der Waals surface area contributed by atoms with Gasteiger partial charge in [0.25, 0.3) is 0 Å². The van der Waals surface area contributed by atoms with Crippen LogP contribution in [0.15, 0.2) is 109 Å². The van der Waals surface area contributed by atoms with E-state index in [-0.39, 0.29) is 0 Å². The Balaban J connectivity index is 1.43. The summed E-state index contributed by atoms with van der Waals surface area (Å²) in [5.74, 6) is 0. The Hall–Kier alpha value is -4.22. The number of aryl methyl sites for hydroxylation is 2. The van der Waals surface area contributed by atoms with Crippen molar-refractivity contribution in [2.24, 2.45) is 0 Å². The third-order valence-electron chi connectivity index (χ3n) is 6.62. The summed E-state index contributed by atoms with van der Waals surface area (Å²) in [6.45, 7) is 0. The molecule has 1 aliphatic rings. The smallest absolute Gasteiger partial charge is 0.124 e. The molecule has 0 atom stereocenters. The lowest BCUT2D eigenvalue weighted by Gasteiger charge is -2.28. The first-order chi connectivity index (χ1) is 17.3. The largest absolute Gasteiger partial charge is 0.310 e. The van der Waals surface area contributed by atoms with E-state index in [0.717, 1.165) is 40.3 Å². The molecule has 1 aliphatic heterocycles. The molecule has 0 radical (unpaired) electrons. The predicted molar refractivity (Wildman–Crippen MR) is 144 cm³/mol. The predicted octanol–water partition coefficient (Wildman–Crippen LogP) is 7.72. The quantitative estimate of drug-likeness (QED) is 0.265. The van der Waals surface area contributed by atoms with Gasteiger partial charge in [-0.1, -0.05) is 48.5 Å². The van der Waals surface area contributed by atoms with Crippen LogP contribution in [0.4, 0.5) is 17.1 Å². The number of aromatic nitrogens is 3. The molecule has 0 unspecified atom stereocenters. The van der Waals surface area contributed by atoms with Crippen LogP contribution in [0.3, 0.4) is 0 Å². The van der Waals surface area contributed by atoms with E-state index in [1.54, 1.807) is 11.3 Å². The first-order valence-electron chi connectivity index (χ1n) is 11.8. The highest BCUT2D eigenvalue weighted by Crippen LogP contribution is 2.44. The fourth-order valence-electron chi connectivity index (χ4n) is 4.93. The maximum Gasteiger partial charge on any atom is 0.124 e. The topological polar surface area (TPSA) is 34.0 Å². The van der Waals surface area contributed by atoms with Gasteiger partial charge in [0.05, 0.1) is 21.6 Å². The van der Waals surface area contributed by atoms with Gasteiger partial charge < -0.3 is 4.90 Å². The van der Waals surface area contributed by atoms with Crippen LogP contribution in [0.1, 0.15) is 11.1 Å². The van der Waals surface area contributed by atoms with Gasteiger partial charge in [-0.15, -0.1) is 11.3 Å². The summed E-state index contributed by atoms with van der Waals surface area (Å²) in [7, 11) is 0. The summed E-state index contributed by atoms with van der Waals surface area (Å²) in [6.07, 6.45) is 5.81. The van der Waals surface area contributed by atoms with Crippen molar-refractivity contribution in [1.29, 1.82) is 0 Å². The van der Waals surface area contributed by atoms with Crippen LogP contribution in [0.25, 0.3) is 26.5 Å². The maximum atomic E-state index is 4.93. The number of hydrogen-bond acceptors (Lipinski definition) is 4. The summed E-state index contributed by atoms with van der Waals surface area (Å²) in [5, 5.41) is 5.50. The fraction of sp³-hybridized carbons (Fsp3) is 0.0667. The number of hydrogen-bond donors (Lipinski definition) is 0. The van der Waals surface area contributed by atoms with Crippen molar-refractivity contribution in [3.8, 4) is 16.3 Å². The zero-order valence-electron chi connectivity index (χ0n) is 19.0. The third-order valence-corrected chi connectivity index (χ3v) is 7.71. The molecule has 5 heteroatoms. The molecule has 2 aromatic heterocycles. The van der Waals surface area contributed by atoms with Crippen LogP contribution < -0.4 is 4.90 Å². The number of fused-ring (bicyclic) bond motifs is 3. The fourth-order valence-corrected chi connectivity index (χ4v) is 5.89. The normalized spacial score (nSPS) is 12.9. The van der Waals surface area contributed by atoms with Gasteiger partial charge >= 0.3 is 0 Å². The molecular formula is C30H22N4S. The second-order valence-corrected chi connectivity index (χ2v) is 9.80. The van der Waals surface area contributed by atoms with Crippen LogP contribution in [-0.2, 0) is 12.8 Å². The van der Waals surface area contributed by atoms with Gasteiger partial charge in [0.2, 0.25) is 0 Å². The van der Waals surface area contributed by atoms with Crippen molar-refractivity contribution < 1.29 is 0 Å². The van der Waals surface area contributed by atoms with Crippen molar-refractivity contribution in [2.45, 2.75) is 12.8 Å². The number of rotatable bonds is 3. The molecule has 7 rings (SSSR count). The Morgan fingerprint density at radius 1 is 0.686 bits per heavy atom. The minimum Gasteiger partial charge on any atom is -0.310 e. The molecule has 4 nitrogen and oxygen atoms in total. The summed E-state index contributed by atoms with van der Waals surface area (Å²) in [4.78, 5) is 7.34. The van der Waals surface area contributed by atoms with Crippen LogP contribution >= 0.6 is 11.3 Å². The van der Waals surface area contributed by atoms with Gasteiger partial charge in [-0.3, -0.25) is 0 Å². The summed E-state index contributed by atoms with van der Waals surface area (Å²) in [6, 6.07) is 34.5. The average Bonchev–Trinajstić information content (AvgIpc) is 3.56. The second kappa shape index (κ2) is 8.22. The lowest BCUT2D eigenvalue weighted by Crippen LogP contribution is -2.12. The molecule has 0 amide bonds. The minimum absolute atomic E-state index is 1.00. The Morgan fingerprint density at radius 2 is 1.51 bits per heavy atom. The van der Waals surface area contributed by atoms with Crippen molar-refractivity contribution in [2.75, 3.05) is 4.90 Å². The molecule has 3 heterocycles. The Bertz CT molecular complexity index is 1630.